The molecule has 3 nitrogen and oxygen atoms in total. The number of halogens is 1. The number of hydrogen-bond donors (Lipinski definition) is 1. The van der Waals surface area contributed by atoms with Gasteiger partial charge in [-0.05, 0) is 22.3 Å². The Hall–Kier alpha value is -2.00. The molecule has 2 N–H and O–H groups in total. The van der Waals surface area contributed by atoms with Crippen molar-refractivity contribution >= 4 is 18.5 Å². The van der Waals surface area contributed by atoms with Crippen molar-refractivity contribution in [3.05, 3.63) is 59.7 Å². The summed E-state index contributed by atoms with van der Waals surface area (Å²) in [5, 5.41) is 0. The highest BCUT2D eigenvalue weighted by Crippen LogP contribution is 2.44. The summed E-state index contributed by atoms with van der Waals surface area (Å²) in [7, 11) is 0. The van der Waals surface area contributed by atoms with Gasteiger partial charge in [0.25, 0.3) is 0 Å². The molecule has 0 fully saturated rings. The highest BCUT2D eigenvalue weighted by molar-refractivity contribution is 5.85. The zero-order valence-corrected chi connectivity index (χ0v) is 11.0. The highest BCUT2D eigenvalue weighted by atomic mass is 35.5. The van der Waals surface area contributed by atoms with Crippen LogP contribution >= 0.6 is 12.4 Å². The monoisotopic (exact) mass is 275 g/mol. The van der Waals surface area contributed by atoms with Crippen molar-refractivity contribution in [1.29, 1.82) is 0 Å². The third-order valence-corrected chi connectivity index (χ3v) is 3.35. The van der Waals surface area contributed by atoms with Gasteiger partial charge < -0.3 is 10.5 Å². The van der Waals surface area contributed by atoms with Crippen molar-refractivity contribution in [3.63, 3.8) is 0 Å². The normalized spacial score (nSPS) is 12.2. The summed E-state index contributed by atoms with van der Waals surface area (Å²) in [6.07, 6.45) is -0.725. The summed E-state index contributed by atoms with van der Waals surface area (Å²) in [6.45, 7) is 0.295. The third kappa shape index (κ3) is 2.29. The van der Waals surface area contributed by atoms with Crippen molar-refractivity contribution in [2.75, 3.05) is 6.61 Å². The second kappa shape index (κ2) is 5.33. The summed E-state index contributed by atoms with van der Waals surface area (Å²) >= 11 is 0. The molecule has 4 heteroatoms. The van der Waals surface area contributed by atoms with E-state index in [1.54, 1.807) is 0 Å². The molecule has 2 aromatic carbocycles. The van der Waals surface area contributed by atoms with Crippen molar-refractivity contribution in [3.8, 4) is 11.1 Å². The molecule has 0 bridgehead atoms. The lowest BCUT2D eigenvalue weighted by Gasteiger charge is -2.12. The quantitative estimate of drug-likeness (QED) is 0.914. The van der Waals surface area contributed by atoms with Gasteiger partial charge in [-0.25, -0.2) is 4.79 Å². The summed E-state index contributed by atoms with van der Waals surface area (Å²) in [5.41, 5.74) is 9.87. The van der Waals surface area contributed by atoms with Gasteiger partial charge in [-0.3, -0.25) is 0 Å². The van der Waals surface area contributed by atoms with Crippen molar-refractivity contribution in [2.24, 2.45) is 5.73 Å². The minimum atomic E-state index is -0.725. The van der Waals surface area contributed by atoms with E-state index < -0.39 is 6.09 Å². The number of ether oxygens (including phenoxy) is 1. The SMILES string of the molecule is Cl.NC(=O)OCC1c2ccccc2-c2ccccc21. The van der Waals surface area contributed by atoms with Gasteiger partial charge in [0.2, 0.25) is 0 Å². The molecule has 0 saturated carbocycles. The van der Waals surface area contributed by atoms with Crippen molar-refractivity contribution < 1.29 is 9.53 Å². The van der Waals surface area contributed by atoms with E-state index >= 15 is 0 Å². The maximum atomic E-state index is 10.8. The van der Waals surface area contributed by atoms with E-state index in [9.17, 15) is 4.79 Å². The standard InChI is InChI=1S/C15H13NO2.ClH/c16-15(17)18-9-14-12-7-3-1-5-10(12)11-6-2-4-8-13(11)14;/h1-8,14H,9H2,(H2,16,17);1H. The number of carbonyl (C=O) groups excluding carboxylic acids is 1. The zero-order valence-electron chi connectivity index (χ0n) is 10.2. The van der Waals surface area contributed by atoms with Gasteiger partial charge in [-0.15, -0.1) is 12.4 Å². The first-order valence-electron chi connectivity index (χ1n) is 5.88. The second-order valence-corrected chi connectivity index (χ2v) is 4.36. The number of rotatable bonds is 2. The number of fused-ring (bicyclic) bond motifs is 3. The molecule has 98 valence electrons. The summed E-state index contributed by atoms with van der Waals surface area (Å²) in [6, 6.07) is 16.4. The fourth-order valence-corrected chi connectivity index (χ4v) is 2.60. The molecule has 0 aromatic heterocycles. The topological polar surface area (TPSA) is 52.3 Å². The number of carbonyl (C=O) groups is 1. The largest absolute Gasteiger partial charge is 0.449 e. The maximum absolute atomic E-state index is 10.8. The van der Waals surface area contributed by atoms with Gasteiger partial charge in [0.05, 0.1) is 0 Å². The molecule has 0 aliphatic heterocycles. The third-order valence-electron chi connectivity index (χ3n) is 3.35. The van der Waals surface area contributed by atoms with Crippen LogP contribution < -0.4 is 5.73 Å². The molecule has 0 spiro atoms. The average molecular weight is 276 g/mol. The molecule has 1 amide bonds. The minimum absolute atomic E-state index is 0. The molecule has 0 heterocycles. The Morgan fingerprint density at radius 2 is 1.47 bits per heavy atom. The molecule has 0 radical (unpaired) electrons. The van der Waals surface area contributed by atoms with Crippen LogP contribution in [0.4, 0.5) is 4.79 Å². The molecule has 3 rings (SSSR count). The van der Waals surface area contributed by atoms with Gasteiger partial charge in [0.15, 0.2) is 0 Å². The van der Waals surface area contributed by atoms with Crippen LogP contribution in [0.25, 0.3) is 11.1 Å². The Balaban J connectivity index is 0.00000133. The van der Waals surface area contributed by atoms with E-state index in [4.69, 9.17) is 10.5 Å². The van der Waals surface area contributed by atoms with E-state index in [1.807, 2.05) is 24.3 Å². The number of nitrogens with two attached hydrogens (primary N) is 1. The predicted octanol–water partition coefficient (Wildman–Crippen LogP) is 3.32. The number of benzene rings is 2. The van der Waals surface area contributed by atoms with Crippen LogP contribution in [0.5, 0.6) is 0 Å². The molecule has 19 heavy (non-hydrogen) atoms. The van der Waals surface area contributed by atoms with Gasteiger partial charge in [-0.2, -0.15) is 0 Å². The molecular weight excluding hydrogens is 262 g/mol. The van der Waals surface area contributed by atoms with Gasteiger partial charge in [0.1, 0.15) is 6.61 Å². The van der Waals surface area contributed by atoms with E-state index in [1.165, 1.54) is 22.3 Å². The lowest BCUT2D eigenvalue weighted by molar-refractivity contribution is 0.153. The van der Waals surface area contributed by atoms with E-state index in [0.717, 1.165) is 0 Å². The Bertz CT molecular complexity index is 567. The van der Waals surface area contributed by atoms with Gasteiger partial charge in [0, 0.05) is 5.92 Å². The maximum Gasteiger partial charge on any atom is 0.404 e. The molecule has 1 aliphatic rings. The second-order valence-electron chi connectivity index (χ2n) is 4.36. The molecule has 2 aromatic rings. The lowest BCUT2D eigenvalue weighted by Crippen LogP contribution is -2.17. The van der Waals surface area contributed by atoms with Crippen LogP contribution in [-0.4, -0.2) is 12.7 Å². The van der Waals surface area contributed by atoms with Crippen LogP contribution in [0.2, 0.25) is 0 Å². The Labute approximate surface area is 117 Å². The minimum Gasteiger partial charge on any atom is -0.449 e. The van der Waals surface area contributed by atoms with Crippen LogP contribution in [-0.2, 0) is 4.74 Å². The number of amides is 1. The van der Waals surface area contributed by atoms with Crippen LogP contribution in [0.15, 0.2) is 48.5 Å². The Morgan fingerprint density at radius 1 is 1.00 bits per heavy atom. The molecule has 0 saturated heterocycles. The Morgan fingerprint density at radius 3 is 1.95 bits per heavy atom. The van der Waals surface area contributed by atoms with Crippen LogP contribution in [0.3, 0.4) is 0 Å². The number of hydrogen-bond acceptors (Lipinski definition) is 2. The lowest BCUT2D eigenvalue weighted by atomic mass is 9.98. The van der Waals surface area contributed by atoms with Gasteiger partial charge >= 0.3 is 6.09 Å². The molecule has 0 unspecified atom stereocenters. The molecule has 0 atom stereocenters. The van der Waals surface area contributed by atoms with Crippen molar-refractivity contribution in [1.82, 2.24) is 0 Å². The highest BCUT2D eigenvalue weighted by Gasteiger charge is 2.28. The van der Waals surface area contributed by atoms with E-state index in [-0.39, 0.29) is 18.3 Å². The summed E-state index contributed by atoms with van der Waals surface area (Å²) < 4.78 is 4.98. The van der Waals surface area contributed by atoms with Crippen LogP contribution in [0, 0.1) is 0 Å². The summed E-state index contributed by atoms with van der Waals surface area (Å²) in [4.78, 5) is 10.8. The fraction of sp³-hybridized carbons (Fsp3) is 0.133. The fourth-order valence-electron chi connectivity index (χ4n) is 2.60. The average Bonchev–Trinajstić information content (AvgIpc) is 2.71. The van der Waals surface area contributed by atoms with Gasteiger partial charge in [-0.1, -0.05) is 48.5 Å². The molecular formula is C15H14ClNO2. The smallest absolute Gasteiger partial charge is 0.404 e. The van der Waals surface area contributed by atoms with Crippen LogP contribution in [0.1, 0.15) is 17.0 Å². The van der Waals surface area contributed by atoms with Crippen molar-refractivity contribution in [2.45, 2.75) is 5.92 Å². The first-order valence-corrected chi connectivity index (χ1v) is 5.88. The van der Waals surface area contributed by atoms with E-state index in [0.29, 0.717) is 6.61 Å². The predicted molar refractivity (Wildman–Crippen MR) is 76.5 cm³/mol. The zero-order chi connectivity index (χ0) is 12.5. The number of primary amides is 1. The van der Waals surface area contributed by atoms with E-state index in [2.05, 4.69) is 24.3 Å². The first kappa shape index (κ1) is 13.4. The summed E-state index contributed by atoms with van der Waals surface area (Å²) in [5.74, 6) is 0.0879. The first-order chi connectivity index (χ1) is 8.77. The molecule has 1 aliphatic carbocycles. The Kier molecular flexibility index (Phi) is 3.76.